The van der Waals surface area contributed by atoms with Gasteiger partial charge in [0.2, 0.25) is 5.95 Å². The molecule has 2 aliphatic rings. The molecule has 2 N–H and O–H groups in total. The SMILES string of the molecule is COC(=O)C1=C(C)N(c2cccc(C(F)(F)F)c2)c2n[nH]c(=O)n2[C@@H]1c1ccc(C#N)cc1C[N+]1(C)CC(O)C(OC=O)C1. The predicted octanol–water partition coefficient (Wildman–Crippen LogP) is 2.51. The third-order valence-corrected chi connectivity index (χ3v) is 8.01. The number of likely N-dealkylation sites (N-methyl/N-ethyl adjacent to an activating group) is 1. The van der Waals surface area contributed by atoms with Crippen LogP contribution in [0.5, 0.6) is 0 Å². The van der Waals surface area contributed by atoms with Gasteiger partial charge in [-0.25, -0.2) is 19.3 Å². The largest absolute Gasteiger partial charge is 0.466 e. The van der Waals surface area contributed by atoms with E-state index in [2.05, 4.69) is 16.3 Å². The number of H-pyrrole nitrogens is 1. The summed E-state index contributed by atoms with van der Waals surface area (Å²) in [7, 11) is 2.97. The lowest BCUT2D eigenvalue weighted by molar-refractivity contribution is -0.913. The highest BCUT2D eigenvalue weighted by molar-refractivity contribution is 5.93. The maximum atomic E-state index is 13.6. The van der Waals surface area contributed by atoms with Crippen molar-refractivity contribution >= 4 is 24.1 Å². The molecule has 0 saturated carbocycles. The molecule has 4 atom stereocenters. The van der Waals surface area contributed by atoms with Crippen molar-refractivity contribution in [3.63, 3.8) is 0 Å². The average Bonchev–Trinajstić information content (AvgIpc) is 3.49. The van der Waals surface area contributed by atoms with E-state index in [-0.39, 0.29) is 59.1 Å². The van der Waals surface area contributed by atoms with E-state index >= 15 is 0 Å². The number of rotatable bonds is 7. The molecule has 2 aliphatic heterocycles. The van der Waals surface area contributed by atoms with Crippen molar-refractivity contribution in [2.75, 3.05) is 32.1 Å². The molecule has 44 heavy (non-hydrogen) atoms. The molecule has 5 rings (SSSR count). The van der Waals surface area contributed by atoms with Crippen LogP contribution in [0.15, 0.2) is 58.5 Å². The van der Waals surface area contributed by atoms with Crippen LogP contribution in [0.3, 0.4) is 0 Å². The normalized spacial score (nSPS) is 23.2. The van der Waals surface area contributed by atoms with E-state index in [4.69, 9.17) is 9.47 Å². The van der Waals surface area contributed by atoms with Crippen LogP contribution in [-0.4, -0.2) is 76.3 Å². The highest BCUT2D eigenvalue weighted by atomic mass is 19.4. The van der Waals surface area contributed by atoms with Gasteiger partial charge in [0.15, 0.2) is 6.10 Å². The minimum Gasteiger partial charge on any atom is -0.466 e. The summed E-state index contributed by atoms with van der Waals surface area (Å²) in [6.45, 7) is 2.44. The van der Waals surface area contributed by atoms with Gasteiger partial charge in [-0.15, -0.1) is 5.10 Å². The zero-order chi connectivity index (χ0) is 32.0. The second-order valence-corrected chi connectivity index (χ2v) is 11.0. The van der Waals surface area contributed by atoms with Gasteiger partial charge in [-0.3, -0.25) is 9.69 Å². The van der Waals surface area contributed by atoms with E-state index in [1.165, 1.54) is 30.0 Å². The van der Waals surface area contributed by atoms with Crippen LogP contribution >= 0.6 is 0 Å². The van der Waals surface area contributed by atoms with Crippen molar-refractivity contribution in [3.05, 3.63) is 86.5 Å². The first-order valence-electron chi connectivity index (χ1n) is 13.4. The number of alkyl halides is 3. The molecule has 0 aliphatic carbocycles. The van der Waals surface area contributed by atoms with Crippen LogP contribution in [0.25, 0.3) is 0 Å². The summed E-state index contributed by atoms with van der Waals surface area (Å²) in [5, 5.41) is 26.7. The van der Waals surface area contributed by atoms with Crippen LogP contribution in [-0.2, 0) is 31.8 Å². The van der Waals surface area contributed by atoms with E-state index in [1.807, 2.05) is 7.05 Å². The van der Waals surface area contributed by atoms with Gasteiger partial charge in [-0.05, 0) is 42.8 Å². The summed E-state index contributed by atoms with van der Waals surface area (Å²) in [5.74, 6) is -0.911. The van der Waals surface area contributed by atoms with Crippen LogP contribution in [0.1, 0.15) is 35.2 Å². The molecule has 2 aromatic carbocycles. The highest BCUT2D eigenvalue weighted by Crippen LogP contribution is 2.44. The molecule has 1 aromatic heterocycles. The Balaban J connectivity index is 1.71. The number of aromatic amines is 1. The molecule has 3 unspecified atom stereocenters. The number of carbonyl (C=O) groups excluding carboxylic acids is 2. The van der Waals surface area contributed by atoms with Gasteiger partial charge in [-0.1, -0.05) is 12.1 Å². The number of aromatic nitrogens is 3. The third-order valence-electron chi connectivity index (χ3n) is 8.01. The van der Waals surface area contributed by atoms with Gasteiger partial charge in [0, 0.05) is 16.9 Å². The van der Waals surface area contributed by atoms with Crippen LogP contribution in [0.2, 0.25) is 0 Å². The number of fused-ring (bicyclic) bond motifs is 1. The number of hydrogen-bond acceptors (Lipinski definition) is 9. The number of halogens is 3. The molecule has 0 bridgehead atoms. The Kier molecular flexibility index (Phi) is 7.83. The molecule has 1 fully saturated rings. The molecule has 0 amide bonds. The summed E-state index contributed by atoms with van der Waals surface area (Å²) >= 11 is 0. The van der Waals surface area contributed by atoms with Gasteiger partial charge in [0.25, 0.3) is 6.47 Å². The molecule has 3 aromatic rings. The first-order chi connectivity index (χ1) is 20.8. The summed E-state index contributed by atoms with van der Waals surface area (Å²) in [5.41, 5.74) is -0.313. The van der Waals surface area contributed by atoms with Crippen molar-refractivity contribution in [1.82, 2.24) is 14.8 Å². The van der Waals surface area contributed by atoms with Crippen molar-refractivity contribution in [2.45, 2.75) is 37.9 Å². The minimum absolute atomic E-state index is 0.00261. The number of nitrogens with zero attached hydrogens (tertiary/aromatic N) is 5. The Morgan fingerprint density at radius 2 is 2.02 bits per heavy atom. The molecule has 1 saturated heterocycles. The van der Waals surface area contributed by atoms with E-state index < -0.39 is 41.6 Å². The number of ether oxygens (including phenoxy) is 2. The number of esters is 1. The lowest BCUT2D eigenvalue weighted by atomic mass is 9.89. The number of aliphatic hydroxyl groups excluding tert-OH is 1. The smallest absolute Gasteiger partial charge is 0.416 e. The number of benzene rings is 2. The fourth-order valence-corrected chi connectivity index (χ4v) is 6.10. The van der Waals surface area contributed by atoms with Crippen LogP contribution < -0.4 is 10.6 Å². The fraction of sp³-hybridized carbons (Fsp3) is 0.345. The molecule has 0 spiro atoms. The number of carbonyl (C=O) groups is 2. The number of nitrogens with one attached hydrogen (secondary N) is 1. The molecule has 0 radical (unpaired) electrons. The Bertz CT molecular complexity index is 1760. The van der Waals surface area contributed by atoms with Crippen molar-refractivity contribution in [3.8, 4) is 6.07 Å². The van der Waals surface area contributed by atoms with Crippen molar-refractivity contribution < 1.29 is 41.8 Å². The lowest BCUT2D eigenvalue weighted by Gasteiger charge is -2.37. The van der Waals surface area contributed by atoms with E-state index in [0.29, 0.717) is 11.1 Å². The third kappa shape index (κ3) is 5.33. The molecule has 15 heteroatoms. The highest BCUT2D eigenvalue weighted by Gasteiger charge is 2.45. The van der Waals surface area contributed by atoms with Crippen LogP contribution in [0.4, 0.5) is 24.8 Å². The molecule has 3 heterocycles. The van der Waals surface area contributed by atoms with E-state index in [0.717, 1.165) is 23.8 Å². The molecular formula is C29H28F3N6O6+. The minimum atomic E-state index is -4.66. The Morgan fingerprint density at radius 3 is 2.68 bits per heavy atom. The van der Waals surface area contributed by atoms with Gasteiger partial charge >= 0.3 is 17.8 Å². The van der Waals surface area contributed by atoms with Gasteiger partial charge in [0.1, 0.15) is 31.8 Å². The van der Waals surface area contributed by atoms with Crippen molar-refractivity contribution in [1.29, 1.82) is 5.26 Å². The predicted molar refractivity (Wildman–Crippen MR) is 147 cm³/mol. The zero-order valence-electron chi connectivity index (χ0n) is 23.8. The number of likely N-dealkylation sites (tertiary alicyclic amines) is 1. The Hall–Kier alpha value is -4.94. The van der Waals surface area contributed by atoms with E-state index in [9.17, 15) is 37.9 Å². The van der Waals surface area contributed by atoms with Gasteiger partial charge in [-0.2, -0.15) is 18.4 Å². The van der Waals surface area contributed by atoms with Crippen molar-refractivity contribution in [2.24, 2.45) is 0 Å². The number of nitriles is 1. The quantitative estimate of drug-likeness (QED) is 0.233. The second-order valence-electron chi connectivity index (χ2n) is 11.0. The van der Waals surface area contributed by atoms with Crippen LogP contribution in [0, 0.1) is 11.3 Å². The second kappa shape index (κ2) is 11.3. The maximum absolute atomic E-state index is 13.6. The number of aliphatic hydroxyl groups is 1. The number of allylic oxidation sites excluding steroid dienone is 1. The first-order valence-corrected chi connectivity index (χ1v) is 13.4. The summed E-state index contributed by atoms with van der Waals surface area (Å²) in [6.07, 6.45) is -6.36. The summed E-state index contributed by atoms with van der Waals surface area (Å²) < 4.78 is 52.4. The first kappa shape index (κ1) is 30.5. The molecular weight excluding hydrogens is 585 g/mol. The van der Waals surface area contributed by atoms with E-state index in [1.54, 1.807) is 12.1 Å². The zero-order valence-corrected chi connectivity index (χ0v) is 23.8. The summed E-state index contributed by atoms with van der Waals surface area (Å²) in [6, 6.07) is 10.0. The Labute approximate surface area is 248 Å². The number of anilines is 2. The number of hydrogen-bond donors (Lipinski definition) is 2. The topological polar surface area (TPSA) is 151 Å². The number of quaternary nitrogens is 1. The number of methoxy groups -OCH3 is 1. The summed E-state index contributed by atoms with van der Waals surface area (Å²) in [4.78, 5) is 39.0. The molecule has 230 valence electrons. The average molecular weight is 614 g/mol. The molecule has 12 nitrogen and oxygen atoms in total. The Morgan fingerprint density at radius 1 is 1.27 bits per heavy atom. The van der Waals surface area contributed by atoms with Gasteiger partial charge in [0.05, 0.1) is 36.9 Å². The maximum Gasteiger partial charge on any atom is 0.416 e. The monoisotopic (exact) mass is 613 g/mol. The standard InChI is InChI=1S/C29H27F3N6O6/c1-16-24(26(41)43-3)25(37-27(34-35-28(37)42)36(16)20-6-4-5-19(10-20)29(30,31)32)21-8-7-17(11-33)9-18(21)12-38(2)13-22(40)23(14-38)44-15-39/h4-10,15,22-23,25,40H,12-14H2,1-3H3/p+1/t22?,23?,25-,38?/m1/s1. The van der Waals surface area contributed by atoms with Gasteiger partial charge < -0.3 is 19.1 Å². The lowest BCUT2D eigenvalue weighted by Crippen LogP contribution is -2.43. The fourth-order valence-electron chi connectivity index (χ4n) is 6.10.